The van der Waals surface area contributed by atoms with Crippen molar-refractivity contribution in [3.05, 3.63) is 42.6 Å². The van der Waals surface area contributed by atoms with Crippen molar-refractivity contribution in [1.82, 2.24) is 4.98 Å². The average molecular weight is 321 g/mol. The van der Waals surface area contributed by atoms with Crippen LogP contribution in [-0.4, -0.2) is 25.8 Å². The molecule has 22 heavy (non-hydrogen) atoms. The molecule has 0 atom stereocenters. The normalized spacial score (nSPS) is 11.3. The summed E-state index contributed by atoms with van der Waals surface area (Å²) in [6.45, 7) is 3.95. The Morgan fingerprint density at radius 3 is 2.18 bits per heavy atom. The number of hydrogen-bond acceptors (Lipinski definition) is 5. The second kappa shape index (κ2) is 6.65. The lowest BCUT2D eigenvalue weighted by Crippen LogP contribution is -2.09. The van der Waals surface area contributed by atoms with Crippen LogP contribution < -0.4 is 14.8 Å². The molecule has 0 aliphatic carbocycles. The standard InChI is InChI=1S/C15H19N3O3S/c1-11(2)21-14-7-4-12(5-8-14)17-15-9-6-13(10-16-15)18-22(3,19)20/h4-11,18H,1-3H3,(H,16,17). The van der Waals surface area contributed by atoms with Gasteiger partial charge in [0, 0.05) is 5.69 Å². The van der Waals surface area contributed by atoms with Crippen molar-refractivity contribution in [3.8, 4) is 5.75 Å². The number of benzene rings is 1. The van der Waals surface area contributed by atoms with E-state index in [2.05, 4.69) is 15.0 Å². The summed E-state index contributed by atoms with van der Waals surface area (Å²) >= 11 is 0. The fraction of sp³-hybridized carbons (Fsp3) is 0.267. The lowest BCUT2D eigenvalue weighted by Gasteiger charge is -2.11. The quantitative estimate of drug-likeness (QED) is 0.855. The van der Waals surface area contributed by atoms with E-state index < -0.39 is 10.0 Å². The molecule has 118 valence electrons. The van der Waals surface area contributed by atoms with Gasteiger partial charge in [-0.05, 0) is 50.2 Å². The molecule has 1 aromatic heterocycles. The van der Waals surface area contributed by atoms with Crippen molar-refractivity contribution in [1.29, 1.82) is 0 Å². The second-order valence-electron chi connectivity index (χ2n) is 5.12. The number of ether oxygens (including phenoxy) is 1. The van der Waals surface area contributed by atoms with Gasteiger partial charge in [-0.2, -0.15) is 0 Å². The van der Waals surface area contributed by atoms with E-state index in [0.717, 1.165) is 17.7 Å². The molecule has 0 bridgehead atoms. The lowest BCUT2D eigenvalue weighted by atomic mass is 10.3. The first-order valence-electron chi connectivity index (χ1n) is 6.79. The van der Waals surface area contributed by atoms with Crippen LogP contribution in [0.25, 0.3) is 0 Å². The minimum Gasteiger partial charge on any atom is -0.491 e. The van der Waals surface area contributed by atoms with Crippen molar-refractivity contribution in [2.24, 2.45) is 0 Å². The Hall–Kier alpha value is -2.28. The van der Waals surface area contributed by atoms with Crippen LogP contribution in [0.3, 0.4) is 0 Å². The lowest BCUT2D eigenvalue weighted by molar-refractivity contribution is 0.242. The molecule has 0 spiro atoms. The van der Waals surface area contributed by atoms with Crippen LogP contribution in [0.15, 0.2) is 42.6 Å². The Labute approximate surface area is 130 Å². The van der Waals surface area contributed by atoms with Crippen LogP contribution >= 0.6 is 0 Å². The first kappa shape index (κ1) is 16.1. The summed E-state index contributed by atoms with van der Waals surface area (Å²) in [5.74, 6) is 1.43. The molecule has 2 rings (SSSR count). The van der Waals surface area contributed by atoms with Gasteiger partial charge in [0.05, 0.1) is 24.2 Å². The van der Waals surface area contributed by atoms with Gasteiger partial charge in [0.25, 0.3) is 0 Å². The maximum atomic E-state index is 11.1. The zero-order valence-electron chi connectivity index (χ0n) is 12.7. The van der Waals surface area contributed by atoms with Crippen molar-refractivity contribution in [2.75, 3.05) is 16.3 Å². The molecule has 0 unspecified atom stereocenters. The summed E-state index contributed by atoms with van der Waals surface area (Å²) in [6, 6.07) is 10.9. The number of rotatable bonds is 6. The van der Waals surface area contributed by atoms with Gasteiger partial charge in [-0.15, -0.1) is 0 Å². The second-order valence-corrected chi connectivity index (χ2v) is 6.87. The Balaban J connectivity index is 2.01. The molecular weight excluding hydrogens is 302 g/mol. The van der Waals surface area contributed by atoms with E-state index in [9.17, 15) is 8.42 Å². The monoisotopic (exact) mass is 321 g/mol. The Kier molecular flexibility index (Phi) is 4.87. The van der Waals surface area contributed by atoms with Gasteiger partial charge in [-0.3, -0.25) is 4.72 Å². The zero-order valence-corrected chi connectivity index (χ0v) is 13.5. The number of anilines is 3. The van der Waals surface area contributed by atoms with E-state index in [1.165, 1.54) is 6.20 Å². The third-order valence-electron chi connectivity index (χ3n) is 2.57. The maximum absolute atomic E-state index is 11.1. The van der Waals surface area contributed by atoms with Gasteiger partial charge < -0.3 is 10.1 Å². The van der Waals surface area contributed by atoms with Gasteiger partial charge in [-0.1, -0.05) is 0 Å². The molecule has 1 aromatic carbocycles. The predicted octanol–water partition coefficient (Wildman–Crippen LogP) is 2.98. The van der Waals surface area contributed by atoms with E-state index in [0.29, 0.717) is 11.5 Å². The van der Waals surface area contributed by atoms with E-state index in [4.69, 9.17) is 4.74 Å². The smallest absolute Gasteiger partial charge is 0.229 e. The molecule has 0 saturated carbocycles. The van der Waals surface area contributed by atoms with Gasteiger partial charge in [-0.25, -0.2) is 13.4 Å². The highest BCUT2D eigenvalue weighted by molar-refractivity contribution is 7.92. The molecule has 6 nitrogen and oxygen atoms in total. The van der Waals surface area contributed by atoms with Gasteiger partial charge >= 0.3 is 0 Å². The van der Waals surface area contributed by atoms with E-state index in [-0.39, 0.29) is 6.10 Å². The van der Waals surface area contributed by atoms with Gasteiger partial charge in [0.15, 0.2) is 0 Å². The van der Waals surface area contributed by atoms with Crippen LogP contribution in [-0.2, 0) is 10.0 Å². The van der Waals surface area contributed by atoms with E-state index in [1.807, 2.05) is 38.1 Å². The third-order valence-corrected chi connectivity index (χ3v) is 3.17. The van der Waals surface area contributed by atoms with Crippen LogP contribution in [0.4, 0.5) is 17.2 Å². The van der Waals surface area contributed by atoms with Crippen LogP contribution in [0.5, 0.6) is 5.75 Å². The highest BCUT2D eigenvalue weighted by Crippen LogP contribution is 2.20. The molecule has 7 heteroatoms. The number of aromatic nitrogens is 1. The molecule has 2 aromatic rings. The number of nitrogens with one attached hydrogen (secondary N) is 2. The van der Waals surface area contributed by atoms with Crippen LogP contribution in [0.1, 0.15) is 13.8 Å². The molecule has 0 aliphatic rings. The van der Waals surface area contributed by atoms with Gasteiger partial charge in [0.2, 0.25) is 10.0 Å². The molecule has 0 aliphatic heterocycles. The summed E-state index contributed by atoms with van der Waals surface area (Å²) in [7, 11) is -3.29. The highest BCUT2D eigenvalue weighted by Gasteiger charge is 2.03. The maximum Gasteiger partial charge on any atom is 0.229 e. The van der Waals surface area contributed by atoms with Crippen molar-refractivity contribution < 1.29 is 13.2 Å². The predicted molar refractivity (Wildman–Crippen MR) is 88.2 cm³/mol. The molecular formula is C15H19N3O3S. The highest BCUT2D eigenvalue weighted by atomic mass is 32.2. The summed E-state index contributed by atoms with van der Waals surface area (Å²) in [5, 5.41) is 3.13. The summed E-state index contributed by atoms with van der Waals surface area (Å²) in [5.41, 5.74) is 1.29. The Bertz CT molecular complexity index is 711. The first-order chi connectivity index (χ1) is 10.3. The number of nitrogens with zero attached hydrogens (tertiary/aromatic N) is 1. The fourth-order valence-electron chi connectivity index (χ4n) is 1.78. The number of pyridine rings is 1. The van der Waals surface area contributed by atoms with Crippen molar-refractivity contribution >= 4 is 27.2 Å². The average Bonchev–Trinajstić information content (AvgIpc) is 2.41. The van der Waals surface area contributed by atoms with E-state index >= 15 is 0 Å². The summed E-state index contributed by atoms with van der Waals surface area (Å²) < 4.78 is 30.2. The Morgan fingerprint density at radius 1 is 1.05 bits per heavy atom. The first-order valence-corrected chi connectivity index (χ1v) is 8.68. The minimum atomic E-state index is -3.29. The molecule has 2 N–H and O–H groups in total. The third kappa shape index (κ3) is 5.25. The van der Waals surface area contributed by atoms with Crippen LogP contribution in [0.2, 0.25) is 0 Å². The summed E-state index contributed by atoms with van der Waals surface area (Å²) in [6.07, 6.45) is 2.69. The minimum absolute atomic E-state index is 0.135. The molecule has 0 saturated heterocycles. The molecule has 0 amide bonds. The zero-order chi connectivity index (χ0) is 16.2. The van der Waals surface area contributed by atoms with Crippen molar-refractivity contribution in [2.45, 2.75) is 20.0 Å². The topological polar surface area (TPSA) is 80.3 Å². The largest absolute Gasteiger partial charge is 0.491 e. The SMILES string of the molecule is CC(C)Oc1ccc(Nc2ccc(NS(C)(=O)=O)cn2)cc1. The summed E-state index contributed by atoms with van der Waals surface area (Å²) in [4.78, 5) is 4.16. The van der Waals surface area contributed by atoms with E-state index in [1.54, 1.807) is 12.1 Å². The number of sulfonamides is 1. The molecule has 0 radical (unpaired) electrons. The number of hydrogen-bond donors (Lipinski definition) is 2. The Morgan fingerprint density at radius 2 is 1.68 bits per heavy atom. The van der Waals surface area contributed by atoms with Crippen molar-refractivity contribution in [3.63, 3.8) is 0 Å². The molecule has 1 heterocycles. The fourth-order valence-corrected chi connectivity index (χ4v) is 2.33. The molecule has 0 fully saturated rings. The van der Waals surface area contributed by atoms with Crippen LogP contribution in [0, 0.1) is 0 Å². The van der Waals surface area contributed by atoms with Gasteiger partial charge in [0.1, 0.15) is 11.6 Å².